The van der Waals surface area contributed by atoms with Crippen LogP contribution in [0.15, 0.2) is 18.2 Å². The summed E-state index contributed by atoms with van der Waals surface area (Å²) in [6.45, 7) is 4.07. The fourth-order valence-electron chi connectivity index (χ4n) is 1.54. The SMILES string of the molecule is COc1ccc(OC(C#N)C(N)N)c(C(C)C)c1. The lowest BCUT2D eigenvalue weighted by atomic mass is 10.0. The molecule has 0 aliphatic rings. The molecule has 0 spiro atoms. The highest BCUT2D eigenvalue weighted by Crippen LogP contribution is 2.31. The summed E-state index contributed by atoms with van der Waals surface area (Å²) in [5.74, 6) is 1.60. The van der Waals surface area contributed by atoms with Gasteiger partial charge in [-0.15, -0.1) is 0 Å². The Balaban J connectivity index is 3.05. The van der Waals surface area contributed by atoms with Crippen LogP contribution < -0.4 is 20.9 Å². The summed E-state index contributed by atoms with van der Waals surface area (Å²) < 4.78 is 10.7. The lowest BCUT2D eigenvalue weighted by Gasteiger charge is -2.20. The van der Waals surface area contributed by atoms with Crippen LogP contribution in [0.4, 0.5) is 0 Å². The average Bonchev–Trinajstić information content (AvgIpc) is 2.35. The zero-order valence-corrected chi connectivity index (χ0v) is 10.9. The van der Waals surface area contributed by atoms with Gasteiger partial charge in [-0.1, -0.05) is 13.8 Å². The monoisotopic (exact) mass is 249 g/mol. The van der Waals surface area contributed by atoms with Gasteiger partial charge in [0.05, 0.1) is 7.11 Å². The van der Waals surface area contributed by atoms with Crippen LogP contribution in [-0.4, -0.2) is 19.4 Å². The Morgan fingerprint density at radius 2 is 1.94 bits per heavy atom. The minimum absolute atomic E-state index is 0.239. The van der Waals surface area contributed by atoms with Gasteiger partial charge in [-0.2, -0.15) is 5.26 Å². The van der Waals surface area contributed by atoms with Crippen molar-refractivity contribution in [1.29, 1.82) is 5.26 Å². The number of benzene rings is 1. The Morgan fingerprint density at radius 1 is 1.28 bits per heavy atom. The standard InChI is InChI=1S/C13H19N3O2/c1-8(2)10-6-9(17-3)4-5-11(10)18-12(7-14)13(15)16/h4-6,8,12-13H,15-16H2,1-3H3. The Kier molecular flexibility index (Phi) is 4.95. The average molecular weight is 249 g/mol. The van der Waals surface area contributed by atoms with E-state index in [1.807, 2.05) is 26.0 Å². The normalized spacial score (nSPS) is 12.3. The van der Waals surface area contributed by atoms with Crippen molar-refractivity contribution in [2.45, 2.75) is 32.0 Å². The maximum Gasteiger partial charge on any atom is 0.212 e. The summed E-state index contributed by atoms with van der Waals surface area (Å²) in [6.07, 6.45) is -1.70. The Labute approximate surface area is 107 Å². The van der Waals surface area contributed by atoms with Crippen LogP contribution in [0.5, 0.6) is 11.5 Å². The molecule has 5 nitrogen and oxygen atoms in total. The van der Waals surface area contributed by atoms with Crippen molar-refractivity contribution in [2.75, 3.05) is 7.11 Å². The van der Waals surface area contributed by atoms with Crippen molar-refractivity contribution in [3.8, 4) is 17.6 Å². The molecular formula is C13H19N3O2. The summed E-state index contributed by atoms with van der Waals surface area (Å²) in [5.41, 5.74) is 11.9. The topological polar surface area (TPSA) is 94.3 Å². The third kappa shape index (κ3) is 3.36. The van der Waals surface area contributed by atoms with E-state index in [0.717, 1.165) is 11.3 Å². The molecule has 98 valence electrons. The van der Waals surface area contributed by atoms with Gasteiger partial charge in [0.25, 0.3) is 0 Å². The number of nitriles is 1. The fourth-order valence-corrected chi connectivity index (χ4v) is 1.54. The number of ether oxygens (including phenoxy) is 2. The van der Waals surface area contributed by atoms with Gasteiger partial charge < -0.3 is 20.9 Å². The Bertz CT molecular complexity index is 438. The molecule has 0 saturated heterocycles. The highest BCUT2D eigenvalue weighted by Gasteiger charge is 2.18. The number of rotatable bonds is 5. The highest BCUT2D eigenvalue weighted by atomic mass is 16.5. The molecule has 0 aromatic heterocycles. The van der Waals surface area contributed by atoms with Gasteiger partial charge in [-0.3, -0.25) is 0 Å². The van der Waals surface area contributed by atoms with E-state index in [4.69, 9.17) is 26.2 Å². The van der Waals surface area contributed by atoms with Gasteiger partial charge >= 0.3 is 0 Å². The Hall–Kier alpha value is -1.77. The predicted molar refractivity (Wildman–Crippen MR) is 69.3 cm³/mol. The molecule has 0 heterocycles. The molecule has 0 amide bonds. The molecule has 0 saturated carbocycles. The van der Waals surface area contributed by atoms with Crippen molar-refractivity contribution in [3.63, 3.8) is 0 Å². The summed E-state index contributed by atoms with van der Waals surface area (Å²) in [4.78, 5) is 0. The minimum Gasteiger partial charge on any atom is -0.497 e. The lowest BCUT2D eigenvalue weighted by Crippen LogP contribution is -2.45. The van der Waals surface area contributed by atoms with E-state index in [-0.39, 0.29) is 5.92 Å². The van der Waals surface area contributed by atoms with Crippen LogP contribution in [-0.2, 0) is 0 Å². The number of hydrogen-bond donors (Lipinski definition) is 2. The summed E-state index contributed by atoms with van der Waals surface area (Å²) in [7, 11) is 1.61. The van der Waals surface area contributed by atoms with E-state index in [1.54, 1.807) is 19.2 Å². The molecule has 1 atom stereocenters. The molecule has 1 aromatic rings. The van der Waals surface area contributed by atoms with Crippen LogP contribution in [0.1, 0.15) is 25.3 Å². The second-order valence-corrected chi connectivity index (χ2v) is 4.30. The number of nitrogens with two attached hydrogens (primary N) is 2. The molecule has 0 bridgehead atoms. The first-order valence-corrected chi connectivity index (χ1v) is 5.75. The first-order chi connectivity index (χ1) is 8.49. The van der Waals surface area contributed by atoms with Gasteiger partial charge in [0.15, 0.2) is 0 Å². The van der Waals surface area contributed by atoms with Crippen molar-refractivity contribution < 1.29 is 9.47 Å². The molecule has 5 heteroatoms. The summed E-state index contributed by atoms with van der Waals surface area (Å²) in [6, 6.07) is 7.37. The van der Waals surface area contributed by atoms with E-state index >= 15 is 0 Å². The molecule has 1 rings (SSSR count). The maximum absolute atomic E-state index is 8.93. The predicted octanol–water partition coefficient (Wildman–Crippen LogP) is 1.33. The van der Waals surface area contributed by atoms with Gasteiger partial charge in [-0.25, -0.2) is 0 Å². The first-order valence-electron chi connectivity index (χ1n) is 5.75. The van der Waals surface area contributed by atoms with Gasteiger partial charge in [0.1, 0.15) is 23.7 Å². The molecule has 0 aliphatic heterocycles. The number of methoxy groups -OCH3 is 1. The van der Waals surface area contributed by atoms with E-state index in [1.165, 1.54) is 0 Å². The quantitative estimate of drug-likeness (QED) is 0.768. The molecule has 0 radical (unpaired) electrons. The van der Waals surface area contributed by atoms with Crippen LogP contribution in [0.2, 0.25) is 0 Å². The molecule has 0 aliphatic carbocycles. The van der Waals surface area contributed by atoms with E-state index in [9.17, 15) is 0 Å². The number of hydrogen-bond acceptors (Lipinski definition) is 5. The fraction of sp³-hybridized carbons (Fsp3) is 0.462. The second kappa shape index (κ2) is 6.24. The molecule has 1 unspecified atom stereocenters. The van der Waals surface area contributed by atoms with Crippen LogP contribution >= 0.6 is 0 Å². The minimum atomic E-state index is -0.865. The Morgan fingerprint density at radius 3 is 2.39 bits per heavy atom. The summed E-state index contributed by atoms with van der Waals surface area (Å²) >= 11 is 0. The van der Waals surface area contributed by atoms with Crippen LogP contribution in [0.3, 0.4) is 0 Å². The van der Waals surface area contributed by atoms with Gasteiger partial charge in [-0.05, 0) is 24.1 Å². The smallest absolute Gasteiger partial charge is 0.212 e. The zero-order chi connectivity index (χ0) is 13.7. The lowest BCUT2D eigenvalue weighted by molar-refractivity contribution is 0.223. The highest BCUT2D eigenvalue weighted by molar-refractivity contribution is 5.42. The zero-order valence-electron chi connectivity index (χ0n) is 10.9. The van der Waals surface area contributed by atoms with Gasteiger partial charge in [0.2, 0.25) is 6.10 Å². The maximum atomic E-state index is 8.93. The van der Waals surface area contributed by atoms with Gasteiger partial charge in [0, 0.05) is 5.56 Å². The third-order valence-electron chi connectivity index (χ3n) is 2.57. The summed E-state index contributed by atoms with van der Waals surface area (Å²) in [5, 5.41) is 8.93. The largest absolute Gasteiger partial charge is 0.497 e. The molecule has 0 fully saturated rings. The van der Waals surface area contributed by atoms with E-state index < -0.39 is 12.3 Å². The van der Waals surface area contributed by atoms with Crippen LogP contribution in [0.25, 0.3) is 0 Å². The van der Waals surface area contributed by atoms with Crippen molar-refractivity contribution in [3.05, 3.63) is 23.8 Å². The molecule has 18 heavy (non-hydrogen) atoms. The van der Waals surface area contributed by atoms with Crippen molar-refractivity contribution in [1.82, 2.24) is 0 Å². The van der Waals surface area contributed by atoms with Crippen molar-refractivity contribution in [2.24, 2.45) is 11.5 Å². The van der Waals surface area contributed by atoms with Crippen LogP contribution in [0, 0.1) is 11.3 Å². The third-order valence-corrected chi connectivity index (χ3v) is 2.57. The van der Waals surface area contributed by atoms with E-state index in [2.05, 4.69) is 0 Å². The molecule has 4 N–H and O–H groups in total. The molecular weight excluding hydrogens is 230 g/mol. The second-order valence-electron chi connectivity index (χ2n) is 4.30. The van der Waals surface area contributed by atoms with Crippen molar-refractivity contribution >= 4 is 0 Å². The first kappa shape index (κ1) is 14.3. The number of nitrogens with zero attached hydrogens (tertiary/aromatic N) is 1. The molecule has 1 aromatic carbocycles. The van der Waals surface area contributed by atoms with E-state index in [0.29, 0.717) is 5.75 Å².